The highest BCUT2D eigenvalue weighted by molar-refractivity contribution is 7.89. The molecule has 156 valence electrons. The Morgan fingerprint density at radius 1 is 1.29 bits per heavy atom. The number of nitro groups is 1. The molecule has 0 aliphatic carbocycles. The van der Waals surface area contributed by atoms with Gasteiger partial charge in [-0.15, -0.1) is 0 Å². The first-order valence-electron chi connectivity index (χ1n) is 9.70. The summed E-state index contributed by atoms with van der Waals surface area (Å²) in [6.45, 7) is 6.85. The topological polar surface area (TPSA) is 105 Å². The lowest BCUT2D eigenvalue weighted by Gasteiger charge is -2.31. The zero-order chi connectivity index (χ0) is 20.1. The van der Waals surface area contributed by atoms with E-state index in [1.54, 1.807) is 0 Å². The highest BCUT2D eigenvalue weighted by atomic mass is 32.2. The maximum absolute atomic E-state index is 13.1. The normalized spacial score (nSPS) is 22.1. The Morgan fingerprint density at radius 3 is 2.71 bits per heavy atom. The van der Waals surface area contributed by atoms with E-state index in [9.17, 15) is 18.5 Å². The van der Waals surface area contributed by atoms with Crippen LogP contribution in [-0.2, 0) is 14.8 Å². The van der Waals surface area contributed by atoms with Crippen LogP contribution in [-0.4, -0.2) is 75.0 Å². The van der Waals surface area contributed by atoms with Crippen molar-refractivity contribution in [3.8, 4) is 0 Å². The molecular weight excluding hydrogens is 384 g/mol. The van der Waals surface area contributed by atoms with Crippen LogP contribution in [0.25, 0.3) is 0 Å². The van der Waals surface area contributed by atoms with Crippen molar-refractivity contribution in [3.63, 3.8) is 0 Å². The van der Waals surface area contributed by atoms with Crippen molar-refractivity contribution < 1.29 is 18.1 Å². The minimum Gasteiger partial charge on any atom is -0.383 e. The van der Waals surface area contributed by atoms with E-state index in [4.69, 9.17) is 4.74 Å². The van der Waals surface area contributed by atoms with Crippen LogP contribution in [0.4, 0.5) is 11.4 Å². The monoisotopic (exact) mass is 412 g/mol. The summed E-state index contributed by atoms with van der Waals surface area (Å²) in [5.41, 5.74) is 0.171. The molecule has 0 aromatic heterocycles. The van der Waals surface area contributed by atoms with Crippen molar-refractivity contribution in [1.29, 1.82) is 0 Å². The van der Waals surface area contributed by atoms with Crippen LogP contribution < -0.4 is 5.32 Å². The van der Waals surface area contributed by atoms with E-state index in [1.807, 2.05) is 0 Å². The van der Waals surface area contributed by atoms with Gasteiger partial charge in [-0.2, -0.15) is 4.31 Å². The number of piperidine rings is 1. The Bertz CT molecular complexity index is 795. The SMILES string of the molecule is CC1CCCN(CCNc2ccc([N+](=O)[O-])cc2S(=O)(=O)N2CCOCC2)C1. The molecule has 2 heterocycles. The Labute approximate surface area is 165 Å². The molecule has 2 aliphatic rings. The molecule has 1 N–H and O–H groups in total. The third-order valence-electron chi connectivity index (χ3n) is 5.25. The van der Waals surface area contributed by atoms with Gasteiger partial charge in [0.15, 0.2) is 0 Å². The summed E-state index contributed by atoms with van der Waals surface area (Å²) < 4.78 is 32.7. The van der Waals surface area contributed by atoms with Gasteiger partial charge in [0.1, 0.15) is 4.90 Å². The highest BCUT2D eigenvalue weighted by Gasteiger charge is 2.30. The Hall–Kier alpha value is -1.75. The zero-order valence-corrected chi connectivity index (χ0v) is 17.0. The van der Waals surface area contributed by atoms with Gasteiger partial charge in [0.2, 0.25) is 10.0 Å². The van der Waals surface area contributed by atoms with Crippen molar-refractivity contribution >= 4 is 21.4 Å². The van der Waals surface area contributed by atoms with Crippen molar-refractivity contribution in [2.24, 2.45) is 5.92 Å². The van der Waals surface area contributed by atoms with Gasteiger partial charge in [-0.25, -0.2) is 8.42 Å². The summed E-state index contributed by atoms with van der Waals surface area (Å²) in [6, 6.07) is 3.98. The predicted octanol–water partition coefficient (Wildman–Crippen LogP) is 1.76. The lowest BCUT2D eigenvalue weighted by atomic mass is 10.0. The first kappa shape index (κ1) is 21.0. The fraction of sp³-hybridized carbons (Fsp3) is 0.667. The molecule has 0 saturated carbocycles. The molecule has 1 aromatic carbocycles. The minimum absolute atomic E-state index is 0.0457. The quantitative estimate of drug-likeness (QED) is 0.537. The molecule has 0 amide bonds. The molecule has 1 aromatic rings. The average molecular weight is 413 g/mol. The number of hydrogen-bond donors (Lipinski definition) is 1. The summed E-state index contributed by atoms with van der Waals surface area (Å²) >= 11 is 0. The lowest BCUT2D eigenvalue weighted by molar-refractivity contribution is -0.385. The van der Waals surface area contributed by atoms with Crippen LogP contribution in [0.2, 0.25) is 0 Å². The molecule has 2 saturated heterocycles. The molecule has 9 nitrogen and oxygen atoms in total. The molecule has 0 spiro atoms. The van der Waals surface area contributed by atoms with Crippen LogP contribution in [0.3, 0.4) is 0 Å². The third-order valence-corrected chi connectivity index (χ3v) is 7.19. The smallest absolute Gasteiger partial charge is 0.270 e. The van der Waals surface area contributed by atoms with Crippen molar-refractivity contribution in [3.05, 3.63) is 28.3 Å². The fourth-order valence-corrected chi connectivity index (χ4v) is 5.34. The molecular formula is C18H28N4O5S. The van der Waals surface area contributed by atoms with Gasteiger partial charge in [-0.3, -0.25) is 10.1 Å². The Kier molecular flexibility index (Phi) is 6.86. The van der Waals surface area contributed by atoms with Crippen LogP contribution in [0.15, 0.2) is 23.1 Å². The van der Waals surface area contributed by atoms with E-state index >= 15 is 0 Å². The van der Waals surface area contributed by atoms with Gasteiger partial charge in [0.25, 0.3) is 5.69 Å². The van der Waals surface area contributed by atoms with E-state index in [0.717, 1.165) is 25.7 Å². The number of sulfonamides is 1. The van der Waals surface area contributed by atoms with E-state index in [0.29, 0.717) is 31.4 Å². The number of nitrogens with one attached hydrogen (secondary N) is 1. The van der Waals surface area contributed by atoms with Gasteiger partial charge in [-0.05, 0) is 31.4 Å². The van der Waals surface area contributed by atoms with E-state index in [2.05, 4.69) is 17.1 Å². The second-order valence-corrected chi connectivity index (χ2v) is 9.34. The number of ether oxygens (including phenoxy) is 1. The predicted molar refractivity (Wildman–Crippen MR) is 106 cm³/mol. The van der Waals surface area contributed by atoms with Crippen LogP contribution in [0.5, 0.6) is 0 Å². The summed E-state index contributed by atoms with van der Waals surface area (Å²) in [7, 11) is -3.84. The number of nitro benzene ring substituents is 1. The first-order valence-corrected chi connectivity index (χ1v) is 11.1. The number of anilines is 1. The number of morpholine rings is 1. The average Bonchev–Trinajstić information content (AvgIpc) is 2.68. The Morgan fingerprint density at radius 2 is 2.04 bits per heavy atom. The number of nitrogens with zero attached hydrogens (tertiary/aromatic N) is 3. The lowest BCUT2D eigenvalue weighted by Crippen LogP contribution is -2.41. The van der Waals surface area contributed by atoms with Gasteiger partial charge in [0, 0.05) is 44.9 Å². The van der Waals surface area contributed by atoms with Crippen molar-refractivity contribution in [2.75, 3.05) is 57.8 Å². The van der Waals surface area contributed by atoms with Crippen LogP contribution in [0, 0.1) is 16.0 Å². The highest BCUT2D eigenvalue weighted by Crippen LogP contribution is 2.29. The van der Waals surface area contributed by atoms with Crippen molar-refractivity contribution in [1.82, 2.24) is 9.21 Å². The molecule has 1 atom stereocenters. The fourth-order valence-electron chi connectivity index (χ4n) is 3.75. The van der Waals surface area contributed by atoms with Gasteiger partial charge >= 0.3 is 0 Å². The van der Waals surface area contributed by atoms with Gasteiger partial charge in [-0.1, -0.05) is 6.92 Å². The minimum atomic E-state index is -3.84. The molecule has 0 radical (unpaired) electrons. The zero-order valence-electron chi connectivity index (χ0n) is 16.2. The second-order valence-electron chi connectivity index (χ2n) is 7.43. The summed E-state index contributed by atoms with van der Waals surface area (Å²) in [5, 5.41) is 14.4. The number of benzene rings is 1. The first-order chi connectivity index (χ1) is 13.4. The molecule has 3 rings (SSSR count). The summed E-state index contributed by atoms with van der Waals surface area (Å²) in [4.78, 5) is 12.9. The molecule has 0 bridgehead atoms. The molecule has 2 aliphatic heterocycles. The van der Waals surface area contributed by atoms with Crippen LogP contribution in [0.1, 0.15) is 19.8 Å². The molecule has 1 unspecified atom stereocenters. The third kappa shape index (κ3) is 4.99. The number of likely N-dealkylation sites (tertiary alicyclic amines) is 1. The number of rotatable bonds is 7. The molecule has 10 heteroatoms. The van der Waals surface area contributed by atoms with Crippen LogP contribution >= 0.6 is 0 Å². The standard InChI is InChI=1S/C18H28N4O5S/c1-15-3-2-7-20(14-15)8-6-19-17-5-4-16(22(23)24)13-18(17)28(25,26)21-9-11-27-12-10-21/h4-5,13,15,19H,2-3,6-12,14H2,1H3. The summed E-state index contributed by atoms with van der Waals surface area (Å²) in [5.74, 6) is 0.672. The van der Waals surface area contributed by atoms with Gasteiger partial charge in [0.05, 0.1) is 23.8 Å². The van der Waals surface area contributed by atoms with E-state index in [-0.39, 0.29) is 23.7 Å². The molecule has 28 heavy (non-hydrogen) atoms. The number of non-ortho nitro benzene ring substituents is 1. The maximum Gasteiger partial charge on any atom is 0.270 e. The van der Waals surface area contributed by atoms with Crippen molar-refractivity contribution in [2.45, 2.75) is 24.7 Å². The largest absolute Gasteiger partial charge is 0.383 e. The number of hydrogen-bond acceptors (Lipinski definition) is 7. The van der Waals surface area contributed by atoms with E-state index in [1.165, 1.54) is 29.3 Å². The maximum atomic E-state index is 13.1. The van der Waals surface area contributed by atoms with Gasteiger partial charge < -0.3 is 15.0 Å². The summed E-state index contributed by atoms with van der Waals surface area (Å²) in [6.07, 6.45) is 2.42. The van der Waals surface area contributed by atoms with E-state index < -0.39 is 14.9 Å². The molecule has 2 fully saturated rings. The Balaban J connectivity index is 1.77. The second kappa shape index (κ2) is 9.17.